The monoisotopic (exact) mass is 690 g/mol. The number of aromatic nitrogens is 2. The van der Waals surface area contributed by atoms with Crippen molar-refractivity contribution in [3.63, 3.8) is 0 Å². The van der Waals surface area contributed by atoms with Gasteiger partial charge in [0.1, 0.15) is 18.1 Å². The van der Waals surface area contributed by atoms with Crippen LogP contribution in [0.3, 0.4) is 0 Å². The van der Waals surface area contributed by atoms with E-state index in [2.05, 4.69) is 19.7 Å². The molecular formula is C29H34N6O10S2. The topological polar surface area (TPSA) is 233 Å². The molecule has 1 amide bonds. The molecule has 2 fully saturated rings. The van der Waals surface area contributed by atoms with E-state index in [1.807, 2.05) is 12.1 Å². The summed E-state index contributed by atoms with van der Waals surface area (Å²) in [4.78, 5) is 52.0. The van der Waals surface area contributed by atoms with Gasteiger partial charge in [0.2, 0.25) is 0 Å². The molecule has 2 aliphatic rings. The van der Waals surface area contributed by atoms with Gasteiger partial charge in [-0.2, -0.15) is 13.5 Å². The third-order valence-electron chi connectivity index (χ3n) is 8.08. The van der Waals surface area contributed by atoms with Gasteiger partial charge in [-0.1, -0.05) is 11.2 Å². The Balaban J connectivity index is 1.26. The molecule has 252 valence electrons. The van der Waals surface area contributed by atoms with Gasteiger partial charge in [0.05, 0.1) is 17.0 Å². The van der Waals surface area contributed by atoms with Crippen molar-refractivity contribution >= 4 is 61.1 Å². The number of ether oxygens (including phenoxy) is 1. The molecule has 0 saturated carbocycles. The van der Waals surface area contributed by atoms with Gasteiger partial charge in [-0.3, -0.25) is 19.1 Å². The van der Waals surface area contributed by atoms with Gasteiger partial charge in [0, 0.05) is 22.9 Å². The van der Waals surface area contributed by atoms with Crippen molar-refractivity contribution in [2.24, 2.45) is 17.0 Å². The number of piperidine rings is 1. The first-order chi connectivity index (χ1) is 22.2. The summed E-state index contributed by atoms with van der Waals surface area (Å²) in [5.74, 6) is -3.17. The number of rotatable bonds is 14. The second kappa shape index (κ2) is 13.9. The van der Waals surface area contributed by atoms with E-state index in [4.69, 9.17) is 24.8 Å². The average Bonchev–Trinajstić information content (AvgIpc) is 3.45. The quantitative estimate of drug-likeness (QED) is 0.0820. The minimum absolute atomic E-state index is 0.0141. The number of nitrogens with one attached hydrogen (secondary N) is 1. The highest BCUT2D eigenvalue weighted by Crippen LogP contribution is 2.40. The molecule has 2 saturated heterocycles. The fourth-order valence-electron chi connectivity index (χ4n) is 5.45. The highest BCUT2D eigenvalue weighted by Gasteiger charge is 2.57. The molecular weight excluding hydrogens is 656 g/mol. The van der Waals surface area contributed by atoms with Crippen LogP contribution in [0.25, 0.3) is 10.9 Å². The van der Waals surface area contributed by atoms with Crippen molar-refractivity contribution in [2.75, 3.05) is 25.4 Å². The molecule has 0 spiro atoms. The molecule has 2 aromatic heterocycles. The van der Waals surface area contributed by atoms with E-state index in [0.717, 1.165) is 60.3 Å². The van der Waals surface area contributed by atoms with Crippen molar-refractivity contribution in [2.45, 2.75) is 51.2 Å². The van der Waals surface area contributed by atoms with Gasteiger partial charge >= 0.3 is 16.4 Å². The number of hydrogen-bond donors (Lipinski definition) is 4. The Morgan fingerprint density at radius 1 is 1.21 bits per heavy atom. The number of pyridine rings is 1. The van der Waals surface area contributed by atoms with Crippen LogP contribution in [-0.4, -0.2) is 87.8 Å². The van der Waals surface area contributed by atoms with E-state index in [-0.39, 0.29) is 10.8 Å². The summed E-state index contributed by atoms with van der Waals surface area (Å²) in [5.41, 5.74) is 5.79. The van der Waals surface area contributed by atoms with Gasteiger partial charge in [-0.25, -0.2) is 9.78 Å². The van der Waals surface area contributed by atoms with E-state index in [0.29, 0.717) is 16.7 Å². The maximum atomic E-state index is 13.3. The van der Waals surface area contributed by atoms with Crippen molar-refractivity contribution in [1.29, 1.82) is 0 Å². The highest BCUT2D eigenvalue weighted by molar-refractivity contribution is 7.80. The van der Waals surface area contributed by atoms with Gasteiger partial charge < -0.3 is 25.7 Å². The van der Waals surface area contributed by atoms with E-state index < -0.39 is 64.4 Å². The van der Waals surface area contributed by atoms with E-state index in [1.54, 1.807) is 18.2 Å². The Hall–Kier alpha value is -4.23. The lowest BCUT2D eigenvalue weighted by Crippen LogP contribution is -2.68. The lowest BCUT2D eigenvalue weighted by Gasteiger charge is -2.50. The van der Waals surface area contributed by atoms with Crippen LogP contribution in [0.15, 0.2) is 40.9 Å². The number of hydroxylamine groups is 2. The third-order valence-corrected chi connectivity index (χ3v) is 9.10. The number of carboxylic acid groups (broad SMARTS) is 1. The number of carbonyl (C=O) groups excluding carboxylic acids is 2. The minimum Gasteiger partial charge on any atom is -0.489 e. The number of thiazole rings is 1. The molecule has 1 aromatic carbocycles. The summed E-state index contributed by atoms with van der Waals surface area (Å²) in [7, 11) is -4.99. The fourth-order valence-corrected chi connectivity index (χ4v) is 6.45. The fraction of sp³-hybridized carbons (Fsp3) is 0.448. The Bertz CT molecular complexity index is 1810. The molecule has 2 aliphatic heterocycles. The van der Waals surface area contributed by atoms with Crippen molar-refractivity contribution in [3.05, 3.63) is 47.1 Å². The number of Topliss-reactive ketones (excluding diaryl/α,β-unsaturated/α-hetero) is 1. The van der Waals surface area contributed by atoms with Gasteiger partial charge in [-0.05, 0) is 76.4 Å². The molecule has 0 aliphatic carbocycles. The van der Waals surface area contributed by atoms with Gasteiger partial charge in [0.15, 0.2) is 16.6 Å². The lowest BCUT2D eigenvalue weighted by atomic mass is 9.74. The molecule has 2 unspecified atom stereocenters. The summed E-state index contributed by atoms with van der Waals surface area (Å²) in [6.07, 6.45) is 0.999. The summed E-state index contributed by atoms with van der Waals surface area (Å²) in [6, 6.07) is 9.12. The molecule has 5 N–H and O–H groups in total. The molecule has 5 rings (SSSR count). The largest absolute Gasteiger partial charge is 0.489 e. The second-order valence-corrected chi connectivity index (χ2v) is 13.7. The Morgan fingerprint density at radius 2 is 1.96 bits per heavy atom. The molecule has 2 atom stereocenters. The summed E-state index contributed by atoms with van der Waals surface area (Å²) < 4.78 is 41.3. The predicted octanol–water partition coefficient (Wildman–Crippen LogP) is 2.00. The summed E-state index contributed by atoms with van der Waals surface area (Å²) >= 11 is 0.994. The van der Waals surface area contributed by atoms with Crippen LogP contribution in [0.2, 0.25) is 0 Å². The molecule has 0 radical (unpaired) electrons. The maximum absolute atomic E-state index is 13.3. The molecule has 18 heteroatoms. The van der Waals surface area contributed by atoms with Crippen LogP contribution in [0, 0.1) is 11.8 Å². The number of carbonyl (C=O) groups is 3. The summed E-state index contributed by atoms with van der Waals surface area (Å²) in [6.45, 7) is 4.42. The first-order valence-electron chi connectivity index (χ1n) is 14.7. The molecule has 3 aromatic rings. The van der Waals surface area contributed by atoms with Crippen LogP contribution in [0.4, 0.5) is 5.13 Å². The van der Waals surface area contributed by atoms with Crippen LogP contribution in [0.1, 0.15) is 44.5 Å². The van der Waals surface area contributed by atoms with Crippen LogP contribution < -0.4 is 15.8 Å². The second-order valence-electron chi connectivity index (χ2n) is 11.8. The Kier molecular flexibility index (Phi) is 10.1. The Labute approximate surface area is 273 Å². The van der Waals surface area contributed by atoms with Crippen molar-refractivity contribution < 1.29 is 46.3 Å². The third kappa shape index (κ3) is 8.20. The molecule has 4 heterocycles. The van der Waals surface area contributed by atoms with E-state index in [1.165, 1.54) is 19.2 Å². The number of amides is 1. The smallest absolute Gasteiger partial charge is 0.418 e. The van der Waals surface area contributed by atoms with Crippen LogP contribution in [0.5, 0.6) is 5.75 Å². The zero-order chi connectivity index (χ0) is 33.9. The van der Waals surface area contributed by atoms with Crippen LogP contribution >= 0.6 is 11.3 Å². The number of β-lactam (4-membered cyclic amide) rings is 1. The van der Waals surface area contributed by atoms with Crippen molar-refractivity contribution in [1.82, 2.24) is 20.3 Å². The number of ketones is 1. The first-order valence-corrected chi connectivity index (χ1v) is 16.9. The number of benzene rings is 1. The lowest BCUT2D eigenvalue weighted by molar-refractivity contribution is -0.228. The number of fused-ring (bicyclic) bond motifs is 1. The molecule has 16 nitrogen and oxygen atoms in total. The first kappa shape index (κ1) is 34.1. The van der Waals surface area contributed by atoms with Crippen molar-refractivity contribution in [3.8, 4) is 5.75 Å². The number of aliphatic carboxylic acids is 1. The normalized spacial score (nSPS) is 19.3. The number of nitrogens with zero attached hydrogens (tertiary/aromatic N) is 4. The van der Waals surface area contributed by atoms with E-state index in [9.17, 15) is 27.9 Å². The Morgan fingerprint density at radius 3 is 2.60 bits per heavy atom. The number of carboxylic acids is 1. The van der Waals surface area contributed by atoms with Gasteiger partial charge in [-0.15, -0.1) is 15.6 Å². The van der Waals surface area contributed by atoms with Crippen LogP contribution in [-0.2, 0) is 40.3 Å². The average molecular weight is 691 g/mol. The molecule has 0 bridgehead atoms. The van der Waals surface area contributed by atoms with Gasteiger partial charge in [0.25, 0.3) is 12.0 Å². The number of anilines is 1. The minimum atomic E-state index is -4.99. The number of hydrogen-bond acceptors (Lipinski definition) is 14. The zero-order valence-corrected chi connectivity index (χ0v) is 27.1. The number of nitrogen functional groups attached to an aromatic ring is 1. The number of nitrogens with two attached hydrogens (primary N) is 1. The standard InChI is InChI=1S/C29H34N6O10S2/c1-29(2)20(26(37)35(29)45-47(40,41)42)13-23(36)25(22-15-46-28(30)33-22)34-44-24(27(38)39)14-43-19-5-6-21-17(12-19)3-4-18(32-21)11-16-7-9-31-10-8-16/h3-6,12,15-16,20,24,31H,7-11,13-14H2,1-2H3,(H2,30,33)(H,38,39)(H,40,41,42)/b34-25-. The predicted molar refractivity (Wildman–Crippen MR) is 169 cm³/mol. The highest BCUT2D eigenvalue weighted by atomic mass is 32.3. The molecule has 47 heavy (non-hydrogen) atoms. The number of oxime groups is 1. The van der Waals surface area contributed by atoms with E-state index >= 15 is 0 Å². The SMILES string of the molecule is CC1(C)C(CC(=O)/C(=N\OC(COc2ccc3nc(CC4CCNCC4)ccc3c2)C(=O)O)c2csc(N)n2)C(=O)N1OS(=O)(=O)O. The summed E-state index contributed by atoms with van der Waals surface area (Å²) in [5, 5.41) is 19.7. The zero-order valence-electron chi connectivity index (χ0n) is 25.5. The maximum Gasteiger partial charge on any atom is 0.418 e.